The molecule has 0 radical (unpaired) electrons. The summed E-state index contributed by atoms with van der Waals surface area (Å²) in [7, 11) is 1.83. The van der Waals surface area contributed by atoms with Crippen molar-refractivity contribution in [1.29, 1.82) is 5.26 Å². The van der Waals surface area contributed by atoms with Crippen LogP contribution in [-0.4, -0.2) is 39.2 Å². The second-order valence-corrected chi connectivity index (χ2v) is 6.94. The third-order valence-corrected chi connectivity index (χ3v) is 4.64. The lowest BCUT2D eigenvalue weighted by Gasteiger charge is -2.27. The van der Waals surface area contributed by atoms with Crippen LogP contribution in [0.3, 0.4) is 0 Å². The fourth-order valence-corrected chi connectivity index (χ4v) is 3.17. The summed E-state index contributed by atoms with van der Waals surface area (Å²) in [5, 5.41) is 19.3. The maximum Gasteiger partial charge on any atom is 0.244 e. The van der Waals surface area contributed by atoms with E-state index in [9.17, 15) is 4.79 Å². The fraction of sp³-hybridized carbons (Fsp3) is 0.250. The summed E-state index contributed by atoms with van der Waals surface area (Å²) in [5.74, 6) is 1.14. The van der Waals surface area contributed by atoms with Crippen LogP contribution < -0.4 is 15.5 Å². The number of fused-ring (bicyclic) bond motifs is 1. The minimum Gasteiger partial charge on any atom is -0.350 e. The Morgan fingerprint density at radius 1 is 1.24 bits per heavy atom. The van der Waals surface area contributed by atoms with Crippen molar-refractivity contribution in [2.75, 3.05) is 29.1 Å². The molecule has 0 spiro atoms. The van der Waals surface area contributed by atoms with E-state index in [1.54, 1.807) is 18.3 Å². The molecule has 0 saturated heterocycles. The maximum absolute atomic E-state index is 11.7. The summed E-state index contributed by atoms with van der Waals surface area (Å²) in [5.41, 5.74) is 4.09. The van der Waals surface area contributed by atoms with Gasteiger partial charge in [-0.25, -0.2) is 4.98 Å². The maximum atomic E-state index is 11.7. The molecule has 146 valence electrons. The van der Waals surface area contributed by atoms with E-state index in [0.29, 0.717) is 41.8 Å². The minimum atomic E-state index is -0.0675. The zero-order chi connectivity index (χ0) is 20.4. The molecule has 0 fully saturated rings. The average Bonchev–Trinajstić information content (AvgIpc) is 3.15. The number of carbonyl (C=O) groups excluding carboxylic acids is 1. The predicted octanol–water partition coefficient (Wildman–Crippen LogP) is 1.90. The molecule has 1 aliphatic rings. The van der Waals surface area contributed by atoms with Gasteiger partial charge < -0.3 is 15.5 Å². The van der Waals surface area contributed by atoms with Crippen molar-refractivity contribution >= 4 is 23.4 Å². The van der Waals surface area contributed by atoms with Gasteiger partial charge in [0.1, 0.15) is 5.69 Å². The Morgan fingerprint density at radius 2 is 2.03 bits per heavy atom. The van der Waals surface area contributed by atoms with Gasteiger partial charge in [-0.1, -0.05) is 12.1 Å². The third-order valence-electron chi connectivity index (χ3n) is 4.64. The van der Waals surface area contributed by atoms with Gasteiger partial charge in [0.2, 0.25) is 11.9 Å². The highest BCUT2D eigenvalue weighted by Crippen LogP contribution is 2.29. The molecule has 0 saturated carbocycles. The minimum absolute atomic E-state index is 0.0675. The van der Waals surface area contributed by atoms with Gasteiger partial charge in [0, 0.05) is 25.4 Å². The average molecular weight is 388 g/mol. The molecule has 2 aromatic heterocycles. The van der Waals surface area contributed by atoms with Crippen LogP contribution in [0.15, 0.2) is 36.7 Å². The normalized spacial score (nSPS) is 12.9. The Labute approximate surface area is 168 Å². The van der Waals surface area contributed by atoms with Gasteiger partial charge in [-0.2, -0.15) is 15.3 Å². The van der Waals surface area contributed by atoms with E-state index in [4.69, 9.17) is 5.26 Å². The van der Waals surface area contributed by atoms with Crippen molar-refractivity contribution < 1.29 is 4.79 Å². The molecule has 1 aliphatic heterocycles. The number of nitrogens with zero attached hydrogens (tertiary/aromatic N) is 6. The SMILES string of the molecule is Cc1nc(NCc2cnn(Cc3ccc(C#N)cc3)c2)nc2c1NC(=O)CN2C. The lowest BCUT2D eigenvalue weighted by molar-refractivity contribution is -0.115. The van der Waals surface area contributed by atoms with E-state index >= 15 is 0 Å². The Hall–Kier alpha value is -3.93. The number of carbonyl (C=O) groups is 1. The fourth-order valence-electron chi connectivity index (χ4n) is 3.17. The highest BCUT2D eigenvalue weighted by atomic mass is 16.2. The third kappa shape index (κ3) is 4.01. The van der Waals surface area contributed by atoms with Crippen molar-refractivity contribution in [3.05, 3.63) is 59.0 Å². The molecule has 1 amide bonds. The molecule has 3 heterocycles. The Morgan fingerprint density at radius 3 is 2.79 bits per heavy atom. The van der Waals surface area contributed by atoms with E-state index in [-0.39, 0.29) is 12.5 Å². The molecular formula is C20H20N8O. The smallest absolute Gasteiger partial charge is 0.244 e. The van der Waals surface area contributed by atoms with Gasteiger partial charge in [0.25, 0.3) is 0 Å². The Kier molecular flexibility index (Phi) is 4.83. The molecule has 29 heavy (non-hydrogen) atoms. The summed E-state index contributed by atoms with van der Waals surface area (Å²) in [6, 6.07) is 9.58. The number of likely N-dealkylation sites (N-methyl/N-ethyl adjacent to an activating group) is 1. The summed E-state index contributed by atoms with van der Waals surface area (Å²) in [6.07, 6.45) is 3.76. The molecule has 0 aliphatic carbocycles. The summed E-state index contributed by atoms with van der Waals surface area (Å²) >= 11 is 0. The monoisotopic (exact) mass is 388 g/mol. The van der Waals surface area contributed by atoms with E-state index < -0.39 is 0 Å². The zero-order valence-electron chi connectivity index (χ0n) is 16.2. The number of benzene rings is 1. The van der Waals surface area contributed by atoms with Crippen LogP contribution >= 0.6 is 0 Å². The number of hydrogen-bond acceptors (Lipinski definition) is 7. The first-order valence-electron chi connectivity index (χ1n) is 9.15. The molecule has 2 N–H and O–H groups in total. The van der Waals surface area contributed by atoms with Crippen molar-refractivity contribution in [1.82, 2.24) is 19.7 Å². The number of amides is 1. The standard InChI is InChI=1S/C20H20N8O/c1-13-18-19(27(2)12-17(29)25-18)26-20(24-13)22-8-16-9-23-28(11-16)10-15-5-3-14(7-21)4-6-15/h3-6,9,11H,8,10,12H2,1-2H3,(H,25,29)(H,22,24,26). The molecule has 0 unspecified atom stereocenters. The largest absolute Gasteiger partial charge is 0.350 e. The summed E-state index contributed by atoms with van der Waals surface area (Å²) < 4.78 is 1.85. The number of nitriles is 1. The highest BCUT2D eigenvalue weighted by molar-refractivity contribution is 6.00. The van der Waals surface area contributed by atoms with Crippen LogP contribution in [0.4, 0.5) is 17.5 Å². The quantitative estimate of drug-likeness (QED) is 0.686. The van der Waals surface area contributed by atoms with Crippen LogP contribution in [0, 0.1) is 18.3 Å². The Bertz CT molecular complexity index is 1100. The van der Waals surface area contributed by atoms with E-state index in [1.807, 2.05) is 41.9 Å². The second kappa shape index (κ2) is 7.59. The first-order valence-corrected chi connectivity index (χ1v) is 9.15. The molecule has 9 nitrogen and oxygen atoms in total. The molecule has 9 heteroatoms. The van der Waals surface area contributed by atoms with Gasteiger partial charge >= 0.3 is 0 Å². The van der Waals surface area contributed by atoms with E-state index in [0.717, 1.165) is 11.1 Å². The van der Waals surface area contributed by atoms with E-state index in [2.05, 4.69) is 31.8 Å². The van der Waals surface area contributed by atoms with Gasteiger partial charge in [0.15, 0.2) is 5.82 Å². The predicted molar refractivity (Wildman–Crippen MR) is 108 cm³/mol. The molecule has 3 aromatic rings. The number of nitrogens with one attached hydrogen (secondary N) is 2. The van der Waals surface area contributed by atoms with Crippen LogP contribution in [0.1, 0.15) is 22.4 Å². The topological polar surface area (TPSA) is 112 Å². The lowest BCUT2D eigenvalue weighted by Crippen LogP contribution is -2.36. The zero-order valence-corrected chi connectivity index (χ0v) is 16.2. The molecule has 4 rings (SSSR count). The molecule has 0 bridgehead atoms. The van der Waals surface area contributed by atoms with Crippen molar-refractivity contribution in [2.24, 2.45) is 0 Å². The lowest BCUT2D eigenvalue weighted by atomic mass is 10.1. The van der Waals surface area contributed by atoms with Crippen LogP contribution in [0.25, 0.3) is 0 Å². The molecule has 1 aromatic carbocycles. The second-order valence-electron chi connectivity index (χ2n) is 6.94. The van der Waals surface area contributed by atoms with Crippen LogP contribution in [0.5, 0.6) is 0 Å². The molecular weight excluding hydrogens is 368 g/mol. The summed E-state index contributed by atoms with van der Waals surface area (Å²) in [4.78, 5) is 22.5. The number of anilines is 3. The number of rotatable bonds is 5. The van der Waals surface area contributed by atoms with Crippen molar-refractivity contribution in [3.8, 4) is 6.07 Å². The van der Waals surface area contributed by atoms with Crippen LogP contribution in [0.2, 0.25) is 0 Å². The van der Waals surface area contributed by atoms with Gasteiger partial charge in [-0.3, -0.25) is 9.48 Å². The van der Waals surface area contributed by atoms with Crippen LogP contribution in [-0.2, 0) is 17.9 Å². The first-order chi connectivity index (χ1) is 14.0. The van der Waals surface area contributed by atoms with Gasteiger partial charge in [-0.05, 0) is 24.6 Å². The van der Waals surface area contributed by atoms with Gasteiger partial charge in [0.05, 0.1) is 36.6 Å². The number of aromatic nitrogens is 4. The Balaban J connectivity index is 1.42. The van der Waals surface area contributed by atoms with Gasteiger partial charge in [-0.15, -0.1) is 0 Å². The van der Waals surface area contributed by atoms with Crippen molar-refractivity contribution in [3.63, 3.8) is 0 Å². The molecule has 0 atom stereocenters. The number of aryl methyl sites for hydroxylation is 1. The number of hydrogen-bond donors (Lipinski definition) is 2. The van der Waals surface area contributed by atoms with Crippen molar-refractivity contribution in [2.45, 2.75) is 20.0 Å². The highest BCUT2D eigenvalue weighted by Gasteiger charge is 2.23. The first kappa shape index (κ1) is 18.4. The van der Waals surface area contributed by atoms with E-state index in [1.165, 1.54) is 0 Å². The summed E-state index contributed by atoms with van der Waals surface area (Å²) in [6.45, 7) is 3.28.